The average molecular weight is 345 g/mol. The van der Waals surface area contributed by atoms with Crippen molar-refractivity contribution < 1.29 is 5.11 Å². The topological polar surface area (TPSA) is 88.8 Å². The monoisotopic (exact) mass is 345 g/mol. The zero-order valence-electron chi connectivity index (χ0n) is 14.3. The first-order valence-electron chi connectivity index (χ1n) is 8.57. The second-order valence-electron chi connectivity index (χ2n) is 6.70. The molecule has 26 heavy (non-hydrogen) atoms. The number of β-amino-alcohol motifs (C(OH)–C–C–N with tert-alkyl or cyclic N) is 1. The summed E-state index contributed by atoms with van der Waals surface area (Å²) < 4.78 is 0. The number of rotatable bonds is 4. The number of hydrogen-bond donors (Lipinski definition) is 2. The molecule has 0 radical (unpaired) electrons. The van der Waals surface area contributed by atoms with Gasteiger partial charge in [-0.15, -0.1) is 0 Å². The minimum Gasteiger partial charge on any atom is -0.382 e. The Balaban J connectivity index is 1.46. The molecule has 0 bridgehead atoms. The maximum Gasteiger partial charge on any atom is 0.124 e. The van der Waals surface area contributed by atoms with E-state index in [2.05, 4.69) is 38.5 Å². The van der Waals surface area contributed by atoms with Gasteiger partial charge in [-0.1, -0.05) is 42.5 Å². The maximum atomic E-state index is 10.8. The minimum absolute atomic E-state index is 0.540. The van der Waals surface area contributed by atoms with Gasteiger partial charge < -0.3 is 5.11 Å². The first-order valence-corrected chi connectivity index (χ1v) is 8.57. The largest absolute Gasteiger partial charge is 0.382 e. The fourth-order valence-corrected chi connectivity index (χ4v) is 3.52. The van der Waals surface area contributed by atoms with Crippen molar-refractivity contribution in [3.63, 3.8) is 0 Å². The number of nitrogens with zero attached hydrogens (tertiary/aromatic N) is 4. The highest BCUT2D eigenvalue weighted by molar-refractivity contribution is 5.70. The summed E-state index contributed by atoms with van der Waals surface area (Å²) >= 11 is 0. The molecule has 2 N–H and O–H groups in total. The van der Waals surface area contributed by atoms with Gasteiger partial charge in [0.2, 0.25) is 0 Å². The summed E-state index contributed by atoms with van der Waals surface area (Å²) in [6, 6.07) is 18.1. The van der Waals surface area contributed by atoms with Crippen molar-refractivity contribution in [1.29, 1.82) is 5.26 Å². The molecule has 0 spiro atoms. The van der Waals surface area contributed by atoms with Crippen LogP contribution >= 0.6 is 0 Å². The summed E-state index contributed by atoms with van der Waals surface area (Å²) in [7, 11) is 0. The van der Waals surface area contributed by atoms with Crippen LogP contribution in [0.5, 0.6) is 0 Å². The van der Waals surface area contributed by atoms with E-state index in [1.165, 1.54) is 5.56 Å². The van der Waals surface area contributed by atoms with Gasteiger partial charge in [0.25, 0.3) is 0 Å². The number of nitriles is 1. The van der Waals surface area contributed by atoms with E-state index in [1.54, 1.807) is 6.20 Å². The van der Waals surface area contributed by atoms with Crippen LogP contribution in [0.3, 0.4) is 0 Å². The number of H-pyrrole nitrogens is 1. The molecule has 6 heteroatoms. The molecule has 130 valence electrons. The predicted octanol–water partition coefficient (Wildman–Crippen LogP) is 2.44. The van der Waals surface area contributed by atoms with E-state index in [-0.39, 0.29) is 0 Å². The number of aliphatic hydroxyl groups is 1. The molecule has 0 amide bonds. The summed E-state index contributed by atoms with van der Waals surface area (Å²) in [5.74, 6) is 0. The van der Waals surface area contributed by atoms with Crippen LogP contribution in [-0.4, -0.2) is 38.5 Å². The highest BCUT2D eigenvalue weighted by Crippen LogP contribution is 2.31. The summed E-state index contributed by atoms with van der Waals surface area (Å²) in [4.78, 5) is 2.22. The van der Waals surface area contributed by atoms with Crippen molar-refractivity contribution in [3.05, 3.63) is 71.5 Å². The molecule has 1 atom stereocenters. The van der Waals surface area contributed by atoms with Gasteiger partial charge in [0, 0.05) is 19.6 Å². The molecular formula is C20H19N5O. The summed E-state index contributed by atoms with van der Waals surface area (Å²) in [6.45, 7) is 2.11. The normalized spacial score (nSPS) is 20.2. The third kappa shape index (κ3) is 3.10. The van der Waals surface area contributed by atoms with Crippen LogP contribution in [0.25, 0.3) is 11.1 Å². The van der Waals surface area contributed by atoms with E-state index in [0.29, 0.717) is 24.2 Å². The lowest BCUT2D eigenvalue weighted by molar-refractivity contribution is 0.0409. The smallest absolute Gasteiger partial charge is 0.124 e. The van der Waals surface area contributed by atoms with Crippen molar-refractivity contribution in [2.75, 3.05) is 13.1 Å². The molecule has 1 saturated heterocycles. The Hall–Kier alpha value is -3.01. The molecule has 2 aromatic carbocycles. The van der Waals surface area contributed by atoms with Crippen molar-refractivity contribution in [2.45, 2.75) is 18.6 Å². The molecule has 1 aromatic heterocycles. The third-order valence-electron chi connectivity index (χ3n) is 4.94. The molecule has 0 aliphatic carbocycles. The van der Waals surface area contributed by atoms with E-state index in [4.69, 9.17) is 0 Å². The Morgan fingerprint density at radius 1 is 1.19 bits per heavy atom. The number of hydrogen-bond acceptors (Lipinski definition) is 5. The molecule has 1 fully saturated rings. The maximum absolute atomic E-state index is 10.8. The summed E-state index contributed by atoms with van der Waals surface area (Å²) in [5.41, 5.74) is 3.50. The van der Waals surface area contributed by atoms with E-state index in [9.17, 15) is 10.4 Å². The van der Waals surface area contributed by atoms with Gasteiger partial charge in [0.15, 0.2) is 0 Å². The second kappa shape index (κ2) is 6.71. The Labute approximate surface area is 151 Å². The van der Waals surface area contributed by atoms with Gasteiger partial charge in [-0.05, 0) is 29.2 Å². The van der Waals surface area contributed by atoms with Gasteiger partial charge in [-0.2, -0.15) is 20.7 Å². The van der Waals surface area contributed by atoms with Crippen molar-refractivity contribution >= 4 is 0 Å². The molecule has 6 nitrogen and oxygen atoms in total. The van der Waals surface area contributed by atoms with Crippen LogP contribution in [0, 0.1) is 11.3 Å². The van der Waals surface area contributed by atoms with Gasteiger partial charge in [0.1, 0.15) is 11.3 Å². The highest BCUT2D eigenvalue weighted by atomic mass is 16.3. The molecule has 1 aliphatic rings. The molecule has 1 unspecified atom stereocenters. The molecule has 0 saturated carbocycles. The lowest BCUT2D eigenvalue weighted by Crippen LogP contribution is -2.31. The first kappa shape index (κ1) is 16.5. The zero-order chi connectivity index (χ0) is 18.0. The number of likely N-dealkylation sites (tertiary alicyclic amines) is 1. The minimum atomic E-state index is -0.932. The van der Waals surface area contributed by atoms with E-state index < -0.39 is 5.60 Å². The van der Waals surface area contributed by atoms with Crippen LogP contribution in [0.4, 0.5) is 0 Å². The molecule has 1 aliphatic heterocycles. The lowest BCUT2D eigenvalue weighted by atomic mass is 9.99. The number of benzene rings is 2. The fraction of sp³-hybridized carbons (Fsp3) is 0.250. The number of nitrogens with one attached hydrogen (secondary N) is 1. The third-order valence-corrected chi connectivity index (χ3v) is 4.94. The Kier molecular flexibility index (Phi) is 4.25. The first-order chi connectivity index (χ1) is 12.7. The van der Waals surface area contributed by atoms with Gasteiger partial charge in [-0.3, -0.25) is 4.90 Å². The summed E-state index contributed by atoms with van der Waals surface area (Å²) in [6.07, 6.45) is 2.23. The van der Waals surface area contributed by atoms with Crippen LogP contribution in [0.1, 0.15) is 23.2 Å². The van der Waals surface area contributed by atoms with Gasteiger partial charge in [0.05, 0.1) is 17.8 Å². The molecular weight excluding hydrogens is 326 g/mol. The van der Waals surface area contributed by atoms with Crippen LogP contribution in [0.2, 0.25) is 0 Å². The SMILES string of the molecule is N#Cc1ccccc1-c1ccc(CN2CCC(O)(c3cn[nH]n3)C2)cc1. The highest BCUT2D eigenvalue weighted by Gasteiger charge is 2.39. The van der Waals surface area contributed by atoms with Crippen LogP contribution < -0.4 is 0 Å². The quantitative estimate of drug-likeness (QED) is 0.758. The number of aromatic amines is 1. The predicted molar refractivity (Wildman–Crippen MR) is 96.8 cm³/mol. The Morgan fingerprint density at radius 3 is 2.73 bits per heavy atom. The van der Waals surface area contributed by atoms with E-state index in [0.717, 1.165) is 24.2 Å². The van der Waals surface area contributed by atoms with Crippen LogP contribution in [-0.2, 0) is 12.1 Å². The molecule has 4 rings (SSSR count). The van der Waals surface area contributed by atoms with E-state index >= 15 is 0 Å². The van der Waals surface area contributed by atoms with Gasteiger partial charge >= 0.3 is 0 Å². The summed E-state index contributed by atoms with van der Waals surface area (Å²) in [5, 5.41) is 30.4. The Morgan fingerprint density at radius 2 is 2.00 bits per heavy atom. The van der Waals surface area contributed by atoms with Crippen molar-refractivity contribution in [2.24, 2.45) is 0 Å². The van der Waals surface area contributed by atoms with Crippen molar-refractivity contribution in [1.82, 2.24) is 20.3 Å². The average Bonchev–Trinajstić information content (AvgIpc) is 3.34. The molecule has 2 heterocycles. The molecule has 3 aromatic rings. The Bertz CT molecular complexity index is 930. The van der Waals surface area contributed by atoms with Crippen molar-refractivity contribution in [3.8, 4) is 17.2 Å². The lowest BCUT2D eigenvalue weighted by Gasteiger charge is -2.21. The fourth-order valence-electron chi connectivity index (χ4n) is 3.52. The van der Waals surface area contributed by atoms with Crippen LogP contribution in [0.15, 0.2) is 54.7 Å². The second-order valence-corrected chi connectivity index (χ2v) is 6.70. The number of aromatic nitrogens is 3. The standard InChI is InChI=1S/C20H19N5O/c21-11-17-3-1-2-4-18(17)16-7-5-15(6-8-16)13-25-10-9-20(26,14-25)19-12-22-24-23-19/h1-8,12,26H,9-10,13-14H2,(H,22,23,24). The van der Waals surface area contributed by atoms with Gasteiger partial charge in [-0.25, -0.2) is 0 Å². The zero-order valence-corrected chi connectivity index (χ0v) is 14.3. The van der Waals surface area contributed by atoms with E-state index in [1.807, 2.05) is 36.4 Å².